The SMILES string of the molecule is CC(C)[C@@H]([C@@H](C#N)c1ccc2c(c1)OCO2)N1CCOCC1. The first-order chi connectivity index (χ1) is 10.7. The summed E-state index contributed by atoms with van der Waals surface area (Å²) in [5.74, 6) is 1.69. The Kier molecular flexibility index (Phi) is 4.51. The van der Waals surface area contributed by atoms with Crippen molar-refractivity contribution in [3.63, 3.8) is 0 Å². The van der Waals surface area contributed by atoms with E-state index >= 15 is 0 Å². The first-order valence-electron chi connectivity index (χ1n) is 7.81. The van der Waals surface area contributed by atoms with Crippen LogP contribution < -0.4 is 9.47 Å². The van der Waals surface area contributed by atoms with Gasteiger partial charge in [0, 0.05) is 19.1 Å². The standard InChI is InChI=1S/C17H22N2O3/c1-12(2)17(19-5-7-20-8-6-19)14(10-18)13-3-4-15-16(9-13)22-11-21-15/h3-4,9,12,14,17H,5-8,11H2,1-2H3/t14-,17-/m0/s1. The Morgan fingerprint density at radius 1 is 1.14 bits per heavy atom. The van der Waals surface area contributed by atoms with Crippen LogP contribution in [0.15, 0.2) is 18.2 Å². The van der Waals surface area contributed by atoms with E-state index in [0.717, 1.165) is 43.4 Å². The Balaban J connectivity index is 1.88. The molecule has 2 heterocycles. The molecule has 5 nitrogen and oxygen atoms in total. The van der Waals surface area contributed by atoms with E-state index in [-0.39, 0.29) is 18.8 Å². The Bertz CT molecular complexity index is 562. The first-order valence-corrected chi connectivity index (χ1v) is 7.81. The lowest BCUT2D eigenvalue weighted by Crippen LogP contribution is -2.48. The largest absolute Gasteiger partial charge is 0.454 e. The van der Waals surface area contributed by atoms with Crippen LogP contribution in [0.3, 0.4) is 0 Å². The minimum Gasteiger partial charge on any atom is -0.454 e. The van der Waals surface area contributed by atoms with E-state index in [1.54, 1.807) is 0 Å². The summed E-state index contributed by atoms with van der Waals surface area (Å²) in [6.07, 6.45) is 0. The smallest absolute Gasteiger partial charge is 0.231 e. The van der Waals surface area contributed by atoms with Crippen molar-refractivity contribution >= 4 is 0 Å². The lowest BCUT2D eigenvalue weighted by molar-refractivity contribution is 0.00326. The molecule has 118 valence electrons. The summed E-state index contributed by atoms with van der Waals surface area (Å²) in [5, 5.41) is 9.80. The van der Waals surface area contributed by atoms with Crippen molar-refractivity contribution < 1.29 is 14.2 Å². The highest BCUT2D eigenvalue weighted by Crippen LogP contribution is 2.37. The summed E-state index contributed by atoms with van der Waals surface area (Å²) in [6, 6.07) is 8.52. The van der Waals surface area contributed by atoms with E-state index in [4.69, 9.17) is 14.2 Å². The molecule has 5 heteroatoms. The fraction of sp³-hybridized carbons (Fsp3) is 0.588. The van der Waals surface area contributed by atoms with Gasteiger partial charge in [0.15, 0.2) is 11.5 Å². The van der Waals surface area contributed by atoms with E-state index in [2.05, 4.69) is 24.8 Å². The number of ether oxygens (including phenoxy) is 3. The third-order valence-corrected chi connectivity index (χ3v) is 4.39. The molecule has 1 aromatic carbocycles. The fourth-order valence-electron chi connectivity index (χ4n) is 3.35. The van der Waals surface area contributed by atoms with Gasteiger partial charge in [-0.3, -0.25) is 4.90 Å². The summed E-state index contributed by atoms with van der Waals surface area (Å²) in [4.78, 5) is 2.38. The van der Waals surface area contributed by atoms with Crippen LogP contribution in [0.4, 0.5) is 0 Å². The zero-order valence-corrected chi connectivity index (χ0v) is 13.1. The van der Waals surface area contributed by atoms with Crippen molar-refractivity contribution in [3.05, 3.63) is 23.8 Å². The van der Waals surface area contributed by atoms with Gasteiger partial charge in [0.1, 0.15) is 0 Å². The van der Waals surface area contributed by atoms with Crippen molar-refractivity contribution in [1.29, 1.82) is 5.26 Å². The van der Waals surface area contributed by atoms with Crippen LogP contribution in [-0.2, 0) is 4.74 Å². The maximum Gasteiger partial charge on any atom is 0.231 e. The maximum absolute atomic E-state index is 9.80. The predicted octanol–water partition coefficient (Wildman–Crippen LogP) is 2.38. The van der Waals surface area contributed by atoms with E-state index in [1.807, 2.05) is 18.2 Å². The van der Waals surface area contributed by atoms with E-state index < -0.39 is 0 Å². The topological polar surface area (TPSA) is 54.7 Å². The van der Waals surface area contributed by atoms with Crippen LogP contribution in [0.2, 0.25) is 0 Å². The van der Waals surface area contributed by atoms with E-state index in [0.29, 0.717) is 5.92 Å². The van der Waals surface area contributed by atoms with E-state index in [9.17, 15) is 5.26 Å². The number of rotatable bonds is 4. The predicted molar refractivity (Wildman–Crippen MR) is 81.9 cm³/mol. The summed E-state index contributed by atoms with van der Waals surface area (Å²) in [6.45, 7) is 7.85. The molecule has 0 bridgehead atoms. The highest BCUT2D eigenvalue weighted by Gasteiger charge is 2.33. The van der Waals surface area contributed by atoms with Gasteiger partial charge in [-0.05, 0) is 23.6 Å². The summed E-state index contributed by atoms with van der Waals surface area (Å²) in [5.41, 5.74) is 0.997. The molecule has 1 aromatic rings. The van der Waals surface area contributed by atoms with Crippen LogP contribution >= 0.6 is 0 Å². The number of nitrogens with zero attached hydrogens (tertiary/aromatic N) is 2. The van der Waals surface area contributed by atoms with Gasteiger partial charge in [0.2, 0.25) is 6.79 Å². The quantitative estimate of drug-likeness (QED) is 0.854. The molecular weight excluding hydrogens is 280 g/mol. The lowest BCUT2D eigenvalue weighted by atomic mass is 9.84. The second kappa shape index (κ2) is 6.55. The highest BCUT2D eigenvalue weighted by molar-refractivity contribution is 5.46. The number of morpholine rings is 1. The Labute approximate surface area is 131 Å². The van der Waals surface area contributed by atoms with Gasteiger partial charge >= 0.3 is 0 Å². The average molecular weight is 302 g/mol. The molecule has 0 radical (unpaired) electrons. The molecule has 0 N–H and O–H groups in total. The van der Waals surface area contributed by atoms with Crippen molar-refractivity contribution in [2.24, 2.45) is 5.92 Å². The van der Waals surface area contributed by atoms with Crippen molar-refractivity contribution in [2.45, 2.75) is 25.8 Å². The zero-order valence-electron chi connectivity index (χ0n) is 13.1. The van der Waals surface area contributed by atoms with Gasteiger partial charge in [-0.2, -0.15) is 5.26 Å². The summed E-state index contributed by atoms with van der Waals surface area (Å²) < 4.78 is 16.3. The van der Waals surface area contributed by atoms with Crippen LogP contribution in [0, 0.1) is 17.2 Å². The molecule has 0 amide bonds. The molecule has 2 aliphatic rings. The monoisotopic (exact) mass is 302 g/mol. The number of hydrogen-bond donors (Lipinski definition) is 0. The Morgan fingerprint density at radius 3 is 2.55 bits per heavy atom. The average Bonchev–Trinajstić information content (AvgIpc) is 3.00. The van der Waals surface area contributed by atoms with Gasteiger partial charge < -0.3 is 14.2 Å². The van der Waals surface area contributed by atoms with E-state index in [1.165, 1.54) is 0 Å². The second-order valence-electron chi connectivity index (χ2n) is 6.10. The molecule has 2 aliphatic heterocycles. The van der Waals surface area contributed by atoms with Gasteiger partial charge in [-0.1, -0.05) is 19.9 Å². The van der Waals surface area contributed by atoms with Crippen molar-refractivity contribution in [3.8, 4) is 17.6 Å². The van der Waals surface area contributed by atoms with Gasteiger partial charge in [-0.25, -0.2) is 0 Å². The Hall–Kier alpha value is -1.77. The zero-order chi connectivity index (χ0) is 15.5. The molecule has 0 unspecified atom stereocenters. The number of fused-ring (bicyclic) bond motifs is 1. The summed E-state index contributed by atoms with van der Waals surface area (Å²) >= 11 is 0. The maximum atomic E-state index is 9.80. The fourth-order valence-corrected chi connectivity index (χ4v) is 3.35. The van der Waals surface area contributed by atoms with Crippen molar-refractivity contribution in [2.75, 3.05) is 33.1 Å². The molecule has 3 rings (SSSR count). The molecule has 22 heavy (non-hydrogen) atoms. The molecule has 1 fully saturated rings. The third-order valence-electron chi connectivity index (χ3n) is 4.39. The molecule has 0 spiro atoms. The highest BCUT2D eigenvalue weighted by atomic mass is 16.7. The number of nitriles is 1. The van der Waals surface area contributed by atoms with Gasteiger partial charge in [-0.15, -0.1) is 0 Å². The molecular formula is C17H22N2O3. The van der Waals surface area contributed by atoms with Gasteiger partial charge in [0.05, 0.1) is 25.2 Å². The molecule has 0 aromatic heterocycles. The van der Waals surface area contributed by atoms with Crippen LogP contribution in [0.5, 0.6) is 11.5 Å². The number of hydrogen-bond acceptors (Lipinski definition) is 5. The number of benzene rings is 1. The third kappa shape index (κ3) is 2.90. The molecule has 0 aliphatic carbocycles. The summed E-state index contributed by atoms with van der Waals surface area (Å²) in [7, 11) is 0. The van der Waals surface area contributed by atoms with Crippen LogP contribution in [0.25, 0.3) is 0 Å². The molecule has 2 atom stereocenters. The normalized spacial score (nSPS) is 20.6. The minimum absolute atomic E-state index is 0.175. The van der Waals surface area contributed by atoms with Crippen LogP contribution in [-0.4, -0.2) is 44.0 Å². The molecule has 1 saturated heterocycles. The van der Waals surface area contributed by atoms with Crippen LogP contribution in [0.1, 0.15) is 25.3 Å². The first kappa shape index (κ1) is 15.1. The van der Waals surface area contributed by atoms with Crippen molar-refractivity contribution in [1.82, 2.24) is 4.90 Å². The minimum atomic E-state index is -0.187. The Morgan fingerprint density at radius 2 is 1.86 bits per heavy atom. The van der Waals surface area contributed by atoms with Gasteiger partial charge in [0.25, 0.3) is 0 Å². The molecule has 0 saturated carbocycles. The lowest BCUT2D eigenvalue weighted by Gasteiger charge is -2.39. The second-order valence-corrected chi connectivity index (χ2v) is 6.10.